The third kappa shape index (κ3) is 12.0. The van der Waals surface area contributed by atoms with Gasteiger partial charge in [-0.1, -0.05) is 68.8 Å². The zero-order chi connectivity index (χ0) is 43.0. The Labute approximate surface area is 358 Å². The van der Waals surface area contributed by atoms with Crippen LogP contribution in [0.5, 0.6) is 5.75 Å². The molecule has 4 aromatic rings. The first-order valence-corrected chi connectivity index (χ1v) is 21.2. The fourth-order valence-electron chi connectivity index (χ4n) is 7.98. The third-order valence-electron chi connectivity index (χ3n) is 11.3. The highest BCUT2D eigenvalue weighted by molar-refractivity contribution is 6.30. The lowest BCUT2D eigenvalue weighted by atomic mass is 9.84. The molecule has 0 aliphatic carbocycles. The number of anilines is 1. The summed E-state index contributed by atoms with van der Waals surface area (Å²) in [5.74, 6) is -0.844. The minimum Gasteiger partial charge on any atom is -0.493 e. The van der Waals surface area contributed by atoms with Crippen molar-refractivity contribution < 1.29 is 28.6 Å². The number of hydrogen-bond acceptors (Lipinski definition) is 8. The Bertz CT molecular complexity index is 2090. The van der Waals surface area contributed by atoms with Crippen LogP contribution in [-0.2, 0) is 27.2 Å². The summed E-state index contributed by atoms with van der Waals surface area (Å²) in [4.78, 5) is 50.5. The van der Waals surface area contributed by atoms with Gasteiger partial charge in [-0.3, -0.25) is 19.3 Å². The number of aliphatic hydroxyl groups is 1. The zero-order valence-corrected chi connectivity index (χ0v) is 36.0. The number of nitrogens with zero attached hydrogens (tertiary/aromatic N) is 3. The predicted molar refractivity (Wildman–Crippen MR) is 233 cm³/mol. The topological polar surface area (TPSA) is 136 Å². The molecule has 0 spiro atoms. The molecule has 6 rings (SSSR count). The molecule has 3 heterocycles. The molecule has 0 bridgehead atoms. The molecule has 13 heteroatoms. The smallest absolute Gasteiger partial charge is 0.243 e. The average molecular weight is 841 g/mol. The third-order valence-corrected chi connectivity index (χ3v) is 11.6. The number of aromatic nitrogens is 1. The van der Waals surface area contributed by atoms with Gasteiger partial charge in [-0.15, -0.1) is 0 Å². The lowest BCUT2D eigenvalue weighted by Gasteiger charge is -2.34. The number of benzene rings is 3. The standard InChI is InChI=1S/C47H58ClFN6O5/c1-47(2,3)44(53-43(57)29-55-20-6-7-21-55)46(59)52-39(25-30-11-13-32(14-12-30)33-15-18-42(50-28-33)54(4)5)40(56)26-34(23-31-9-8-10-35(48)24-31)45(58)51-38-19-22-60-41-17-16-36(49)27-37(38)41/h8-18,24,27-28,34,38-40,44,56H,6-7,19-23,25-26,29H2,1-5H3,(H,51,58)(H,52,59)(H,53,57). The van der Waals surface area contributed by atoms with Crippen LogP contribution in [0.25, 0.3) is 11.1 Å². The number of amides is 3. The summed E-state index contributed by atoms with van der Waals surface area (Å²) in [7, 11) is 3.87. The molecule has 4 N–H and O–H groups in total. The van der Waals surface area contributed by atoms with Gasteiger partial charge in [0.25, 0.3) is 0 Å². The molecule has 0 radical (unpaired) electrons. The Hall–Kier alpha value is -5.04. The van der Waals surface area contributed by atoms with Crippen molar-refractivity contribution in [3.8, 4) is 16.9 Å². The van der Waals surface area contributed by atoms with E-state index in [9.17, 15) is 23.9 Å². The highest BCUT2D eigenvalue weighted by Crippen LogP contribution is 2.33. The predicted octanol–water partition coefficient (Wildman–Crippen LogP) is 6.51. The molecule has 320 valence electrons. The fourth-order valence-corrected chi connectivity index (χ4v) is 8.19. The second-order valence-corrected chi connectivity index (χ2v) is 17.8. The molecule has 1 saturated heterocycles. The summed E-state index contributed by atoms with van der Waals surface area (Å²) in [6.45, 7) is 7.91. The highest BCUT2D eigenvalue weighted by Gasteiger charge is 2.37. The summed E-state index contributed by atoms with van der Waals surface area (Å²) < 4.78 is 20.1. The van der Waals surface area contributed by atoms with Gasteiger partial charge in [0.05, 0.1) is 31.3 Å². The number of carbonyl (C=O) groups is 3. The van der Waals surface area contributed by atoms with Crippen LogP contribution in [0, 0.1) is 17.2 Å². The van der Waals surface area contributed by atoms with Gasteiger partial charge >= 0.3 is 0 Å². The van der Waals surface area contributed by atoms with Crippen molar-refractivity contribution >= 4 is 35.1 Å². The molecule has 1 fully saturated rings. The van der Waals surface area contributed by atoms with Gasteiger partial charge in [0.1, 0.15) is 23.4 Å². The summed E-state index contributed by atoms with van der Waals surface area (Å²) >= 11 is 6.37. The minimum atomic E-state index is -1.20. The Morgan fingerprint density at radius 1 is 0.933 bits per heavy atom. The zero-order valence-electron chi connectivity index (χ0n) is 35.2. The van der Waals surface area contributed by atoms with E-state index in [0.29, 0.717) is 29.4 Å². The van der Waals surface area contributed by atoms with Crippen LogP contribution in [-0.4, -0.2) is 91.2 Å². The Balaban J connectivity index is 1.27. The number of ether oxygens (including phenoxy) is 1. The fraction of sp³-hybridized carbons (Fsp3) is 0.447. The quantitative estimate of drug-likeness (QED) is 0.100. The number of aliphatic hydroxyl groups excluding tert-OH is 1. The number of likely N-dealkylation sites (tertiary alicyclic amines) is 1. The van der Waals surface area contributed by atoms with Gasteiger partial charge in [0, 0.05) is 48.8 Å². The van der Waals surface area contributed by atoms with Crippen LogP contribution in [0.4, 0.5) is 10.2 Å². The van der Waals surface area contributed by atoms with Gasteiger partial charge < -0.3 is 30.7 Å². The van der Waals surface area contributed by atoms with Crippen molar-refractivity contribution in [1.82, 2.24) is 25.8 Å². The normalized spacial score (nSPS) is 17.4. The van der Waals surface area contributed by atoms with Crippen molar-refractivity contribution in [2.75, 3.05) is 45.2 Å². The van der Waals surface area contributed by atoms with Crippen LogP contribution >= 0.6 is 11.6 Å². The first-order chi connectivity index (χ1) is 28.6. The maximum Gasteiger partial charge on any atom is 0.243 e. The van der Waals surface area contributed by atoms with Crippen LogP contribution in [0.3, 0.4) is 0 Å². The van der Waals surface area contributed by atoms with Crippen molar-refractivity contribution in [3.63, 3.8) is 0 Å². The molecule has 0 saturated carbocycles. The van der Waals surface area contributed by atoms with Gasteiger partial charge in [0.2, 0.25) is 17.7 Å². The summed E-state index contributed by atoms with van der Waals surface area (Å²) in [5, 5.41) is 22.0. The van der Waals surface area contributed by atoms with Crippen molar-refractivity contribution in [2.45, 2.75) is 83.5 Å². The van der Waals surface area contributed by atoms with E-state index in [1.54, 1.807) is 18.2 Å². The largest absolute Gasteiger partial charge is 0.493 e. The number of hydrogen-bond donors (Lipinski definition) is 4. The highest BCUT2D eigenvalue weighted by atomic mass is 35.5. The molecule has 1 aromatic heterocycles. The molecule has 5 atom stereocenters. The number of carbonyl (C=O) groups excluding carboxylic acids is 3. The second-order valence-electron chi connectivity index (χ2n) is 17.4. The lowest BCUT2D eigenvalue weighted by molar-refractivity contribution is -0.133. The first-order valence-electron chi connectivity index (χ1n) is 20.8. The number of fused-ring (bicyclic) bond motifs is 1. The van der Waals surface area contributed by atoms with Crippen LogP contribution in [0.1, 0.15) is 69.2 Å². The maximum absolute atomic E-state index is 14.4. The van der Waals surface area contributed by atoms with Gasteiger partial charge in [-0.05, 0) is 110 Å². The van der Waals surface area contributed by atoms with Crippen LogP contribution in [0.15, 0.2) is 85.1 Å². The van der Waals surface area contributed by atoms with E-state index in [1.807, 2.05) is 94.5 Å². The van der Waals surface area contributed by atoms with Crippen LogP contribution < -0.4 is 25.6 Å². The number of halogens is 2. The van der Waals surface area contributed by atoms with E-state index in [0.717, 1.165) is 54.0 Å². The summed E-state index contributed by atoms with van der Waals surface area (Å²) in [6.07, 6.45) is 3.59. The maximum atomic E-state index is 14.4. The molecular formula is C47H58ClFN6O5. The number of nitrogens with one attached hydrogen (secondary N) is 3. The molecule has 2 aliphatic heterocycles. The summed E-state index contributed by atoms with van der Waals surface area (Å²) in [6, 6.07) is 21.1. The Morgan fingerprint density at radius 2 is 1.67 bits per heavy atom. The second kappa shape index (κ2) is 20.0. The molecule has 5 unspecified atom stereocenters. The molecule has 60 heavy (non-hydrogen) atoms. The van der Waals surface area contributed by atoms with Crippen molar-refractivity contribution in [2.24, 2.45) is 11.3 Å². The van der Waals surface area contributed by atoms with E-state index in [4.69, 9.17) is 16.3 Å². The van der Waals surface area contributed by atoms with Gasteiger partial charge in [0.15, 0.2) is 0 Å². The molecule has 11 nitrogen and oxygen atoms in total. The average Bonchev–Trinajstić information content (AvgIpc) is 3.72. The Kier molecular flexibility index (Phi) is 14.8. The first kappa shape index (κ1) is 44.5. The monoisotopic (exact) mass is 840 g/mol. The van der Waals surface area contributed by atoms with Gasteiger partial charge in [-0.2, -0.15) is 0 Å². The van der Waals surface area contributed by atoms with Crippen molar-refractivity contribution in [1.29, 1.82) is 0 Å². The Morgan fingerprint density at radius 3 is 2.33 bits per heavy atom. The molecular weight excluding hydrogens is 783 g/mol. The lowest BCUT2D eigenvalue weighted by Crippen LogP contribution is -2.58. The molecule has 2 aliphatic rings. The SMILES string of the molecule is CN(C)c1ccc(-c2ccc(CC(NC(=O)C(NC(=O)CN3CCCC3)C(C)(C)C)C(O)CC(Cc3cccc(Cl)c3)C(=O)NC3CCOc4ccc(F)cc43)cc2)cn1. The minimum absolute atomic E-state index is 0.0218. The number of pyridine rings is 1. The van der Waals surface area contributed by atoms with Crippen molar-refractivity contribution in [3.05, 3.63) is 113 Å². The number of rotatable bonds is 16. The molecule has 3 aromatic carbocycles. The molecule has 3 amide bonds. The van der Waals surface area contributed by atoms with E-state index in [-0.39, 0.29) is 37.6 Å². The van der Waals surface area contributed by atoms with Gasteiger partial charge in [-0.25, -0.2) is 9.37 Å². The van der Waals surface area contributed by atoms with E-state index in [2.05, 4.69) is 25.8 Å². The van der Waals surface area contributed by atoms with Crippen LogP contribution in [0.2, 0.25) is 5.02 Å². The van der Waals surface area contributed by atoms with E-state index < -0.39 is 47.3 Å². The van der Waals surface area contributed by atoms with E-state index in [1.165, 1.54) is 12.1 Å². The summed E-state index contributed by atoms with van der Waals surface area (Å²) in [5.41, 5.74) is 3.44. The van der Waals surface area contributed by atoms with E-state index >= 15 is 0 Å².